The average Bonchev–Trinajstić information content (AvgIpc) is 1.55. The maximum atomic E-state index is 7.93. The molecular weight excluding hydrogens is 1600 g/mol. The molecule has 0 spiro atoms. The van der Waals surface area contributed by atoms with Crippen LogP contribution in [-0.2, 0) is 0 Å². The molecule has 2 aliphatic rings. The lowest BCUT2D eigenvalue weighted by Gasteiger charge is -2.29. The summed E-state index contributed by atoms with van der Waals surface area (Å²) < 4.78 is 44.7. The molecule has 5 aromatic heterocycles. The summed E-state index contributed by atoms with van der Waals surface area (Å²) in [5.74, 6) is 0.569. The molecule has 2 unspecified atom stereocenters. The van der Waals surface area contributed by atoms with Gasteiger partial charge in [-0.15, -0.1) is 0 Å². The van der Waals surface area contributed by atoms with Crippen LogP contribution < -0.4 is 19.4 Å². The normalized spacial score (nSPS) is 13.8. The third-order valence-electron chi connectivity index (χ3n) is 27.6. The second-order valence-electron chi connectivity index (χ2n) is 34.6. The van der Waals surface area contributed by atoms with Crippen molar-refractivity contribution in [3.05, 3.63) is 453 Å². The molecule has 26 aromatic rings. The van der Waals surface area contributed by atoms with Crippen LogP contribution in [0.1, 0.15) is 28.2 Å². The lowest BCUT2D eigenvalue weighted by molar-refractivity contribution is 0.269. The first-order valence-corrected chi connectivity index (χ1v) is 44.7. The molecule has 2 atom stereocenters. The molecule has 0 saturated carbocycles. The van der Waals surface area contributed by atoms with E-state index in [9.17, 15) is 0 Å². The predicted molar refractivity (Wildman–Crippen MR) is 539 cm³/mol. The number of furan rings is 5. The Bertz CT molecular complexity index is 9240. The van der Waals surface area contributed by atoms with Crippen molar-refractivity contribution in [2.45, 2.75) is 12.0 Å². The Morgan fingerprint density at radius 1 is 0.198 bits per heavy atom. The summed E-state index contributed by atoms with van der Waals surface area (Å²) in [4.78, 5) is 7.07. The van der Waals surface area contributed by atoms with Crippen molar-refractivity contribution in [3.63, 3.8) is 0 Å². The Morgan fingerprint density at radius 2 is 0.626 bits per heavy atom. The smallest absolute Gasteiger partial charge is 0.147 e. The van der Waals surface area contributed by atoms with E-state index in [1.165, 1.54) is 27.1 Å². The second-order valence-corrected chi connectivity index (χ2v) is 34.6. The quantitative estimate of drug-likeness (QED) is 0.112. The molecule has 21 aromatic carbocycles. The molecule has 0 radical (unpaired) electrons. The number of para-hydroxylation sites is 4. The van der Waals surface area contributed by atoms with Gasteiger partial charge in [0, 0.05) is 72.4 Å². The monoisotopic (exact) mass is 1680 g/mol. The fraction of sp³-hybridized carbons (Fsp3) is 0.0164. The minimum atomic E-state index is -0.469. The summed E-state index contributed by atoms with van der Waals surface area (Å²) in [6.45, 7) is 0. The molecule has 9 nitrogen and oxygen atoms in total. The fourth-order valence-electron chi connectivity index (χ4n) is 21.8. The van der Waals surface area contributed by atoms with E-state index in [4.69, 9.17) is 26.8 Å². The first kappa shape index (κ1) is 72.9. The molecule has 131 heavy (non-hydrogen) atoms. The van der Waals surface area contributed by atoms with E-state index in [-0.39, 0.29) is 5.92 Å². The number of rotatable bonds is 13. The van der Waals surface area contributed by atoms with Gasteiger partial charge in [-0.2, -0.15) is 0 Å². The molecule has 0 bridgehead atoms. The molecule has 6 heterocycles. The summed E-state index contributed by atoms with van der Waals surface area (Å²) in [7, 11) is 0. The van der Waals surface area contributed by atoms with E-state index >= 15 is 0 Å². The highest BCUT2D eigenvalue weighted by Gasteiger charge is 2.43. The van der Waals surface area contributed by atoms with Crippen molar-refractivity contribution in [2.75, 3.05) is 14.7 Å². The van der Waals surface area contributed by atoms with Crippen LogP contribution in [0.5, 0.6) is 5.75 Å². The molecule has 1 aliphatic carbocycles. The Kier molecular flexibility index (Phi) is 15.9. The topological polar surface area (TPSA) is 84.6 Å². The molecule has 0 fully saturated rings. The van der Waals surface area contributed by atoms with E-state index in [2.05, 4.69) is 445 Å². The Balaban J connectivity index is 0.633. The summed E-state index contributed by atoms with van der Waals surface area (Å²) in [6.07, 6.45) is 1.89. The molecular formula is C122H73N3O6. The lowest BCUT2D eigenvalue weighted by Crippen LogP contribution is -2.22. The zero-order valence-electron chi connectivity index (χ0n) is 70.4. The Morgan fingerprint density at radius 3 is 1.30 bits per heavy atom. The van der Waals surface area contributed by atoms with E-state index in [1.54, 1.807) is 0 Å². The maximum Gasteiger partial charge on any atom is 0.147 e. The standard InChI is InChI=1S/C122H73N3O6/c1-5-29-79(30-6-1)123(80-31-7-2-8-32-80)100-64-58-94(119-114(100)116-106(130-119)68-61-95-109-87-38-18-16-26-75(87)52-65-103(109)127-121(95)116)98-71-108-111(91-40-20-19-39-89(91)98)97-62-69-107-117(122(97)131-108)113-101(125(82-35-11-4-12-36-82)84-55-50-76(51-56-84)86-41-21-28-74-25-15-17-37-85(74)86)63-57-93(118(113)129-107)88-42-22-43-92-90(88)59-66-104-110(92)96-60-67-105-115(120(96)128-104)112-99(44-23-45-102(112)126-105)124(81-33-9-3-10-34-81)83-53-48-73(49-54-83)78-47-46-72-24-13-14-27-77(72)70-78/h1-71,108,111H. The summed E-state index contributed by atoms with van der Waals surface area (Å²) >= 11 is 0. The molecule has 0 amide bonds. The Hall–Kier alpha value is -17.4. The molecule has 1 aliphatic heterocycles. The van der Waals surface area contributed by atoms with E-state index < -0.39 is 6.10 Å². The predicted octanol–water partition coefficient (Wildman–Crippen LogP) is 34.5. The third-order valence-corrected chi connectivity index (χ3v) is 27.6. The average molecular weight is 1680 g/mol. The first-order valence-electron chi connectivity index (χ1n) is 44.7. The maximum absolute atomic E-state index is 7.93. The van der Waals surface area contributed by atoms with Crippen molar-refractivity contribution in [1.82, 2.24) is 0 Å². The highest BCUT2D eigenvalue weighted by atomic mass is 16.5. The molecule has 28 rings (SSSR count). The first-order chi connectivity index (χ1) is 65.0. The number of hydrogen-bond donors (Lipinski definition) is 0. The van der Waals surface area contributed by atoms with Crippen molar-refractivity contribution in [3.8, 4) is 39.1 Å². The number of ether oxygens (including phenoxy) is 1. The minimum absolute atomic E-state index is 0.208. The van der Waals surface area contributed by atoms with Crippen LogP contribution in [0.15, 0.2) is 453 Å². The van der Waals surface area contributed by atoms with Gasteiger partial charge >= 0.3 is 0 Å². The van der Waals surface area contributed by atoms with Gasteiger partial charge in [-0.3, -0.25) is 0 Å². The number of fused-ring (bicyclic) bond motifs is 29. The van der Waals surface area contributed by atoms with Gasteiger partial charge in [0.25, 0.3) is 0 Å². The van der Waals surface area contributed by atoms with Gasteiger partial charge in [-0.1, -0.05) is 267 Å². The van der Waals surface area contributed by atoms with Crippen LogP contribution in [0.2, 0.25) is 0 Å². The van der Waals surface area contributed by atoms with Crippen LogP contribution in [-0.4, -0.2) is 6.10 Å². The number of anilines is 9. The number of benzene rings is 21. The van der Waals surface area contributed by atoms with Gasteiger partial charge in [0.1, 0.15) is 67.7 Å². The molecule has 9 heteroatoms. The lowest BCUT2D eigenvalue weighted by atomic mass is 9.76. The van der Waals surface area contributed by atoms with E-state index in [0.29, 0.717) is 5.58 Å². The van der Waals surface area contributed by atoms with Crippen LogP contribution in [0, 0.1) is 0 Å². The van der Waals surface area contributed by atoms with Gasteiger partial charge < -0.3 is 41.5 Å². The van der Waals surface area contributed by atoms with Crippen molar-refractivity contribution in [2.24, 2.45) is 0 Å². The van der Waals surface area contributed by atoms with Crippen LogP contribution in [0.25, 0.3) is 192 Å². The van der Waals surface area contributed by atoms with Gasteiger partial charge in [-0.05, 0) is 251 Å². The largest absolute Gasteiger partial charge is 0.484 e. The van der Waals surface area contributed by atoms with Crippen LogP contribution >= 0.6 is 0 Å². The van der Waals surface area contributed by atoms with E-state index in [1.807, 2.05) is 0 Å². The highest BCUT2D eigenvalue weighted by molar-refractivity contribution is 6.32. The number of nitrogens with zero attached hydrogens (tertiary/aromatic N) is 3. The zero-order chi connectivity index (χ0) is 85.6. The van der Waals surface area contributed by atoms with Crippen molar-refractivity contribution >= 4 is 210 Å². The van der Waals surface area contributed by atoms with Gasteiger partial charge in [0.2, 0.25) is 0 Å². The van der Waals surface area contributed by atoms with Gasteiger partial charge in [0.05, 0.1) is 55.3 Å². The minimum Gasteiger partial charge on any atom is -0.484 e. The second kappa shape index (κ2) is 28.6. The van der Waals surface area contributed by atoms with Crippen LogP contribution in [0.4, 0.5) is 51.2 Å². The summed E-state index contributed by atoms with van der Waals surface area (Å²) in [6, 6.07) is 152. The van der Waals surface area contributed by atoms with E-state index in [0.717, 1.165) is 238 Å². The molecule has 0 N–H and O–H groups in total. The number of hydrogen-bond acceptors (Lipinski definition) is 9. The SMILES string of the molecule is C1=C(c2ccc(N(c3ccccc3)c3ccccc3)c3c2oc2ccc4c(oc5ccc6ccccc6c54)c23)c2ccccc2C2c3ccc4oc5c(-c6cccc7c6ccc6oc8c(ccc9oc%10cccc(N(c%11ccccc%11)c%11ccc(-c%12ccc%13ccccc%13c%12)cc%11)c%10c98)c67)ccc(N(c6ccccc6)c6ccc(-c7cccc8ccccc78)cc6)c5c4c3OC12. The third kappa shape index (κ3) is 11.1. The zero-order valence-corrected chi connectivity index (χ0v) is 70.4. The van der Waals surface area contributed by atoms with Crippen LogP contribution in [0.3, 0.4) is 0 Å². The van der Waals surface area contributed by atoms with Gasteiger partial charge in [0.15, 0.2) is 0 Å². The van der Waals surface area contributed by atoms with Gasteiger partial charge in [-0.25, -0.2) is 0 Å². The molecule has 0 saturated heterocycles. The van der Waals surface area contributed by atoms with Crippen molar-refractivity contribution in [1.29, 1.82) is 0 Å². The highest BCUT2D eigenvalue weighted by Crippen LogP contribution is 2.59. The summed E-state index contributed by atoms with van der Waals surface area (Å²) in [5, 5.41) is 18.8. The fourth-order valence-corrected chi connectivity index (χ4v) is 21.8. The Labute approximate surface area is 750 Å². The molecule has 612 valence electrons. The summed E-state index contributed by atoms with van der Waals surface area (Å²) in [5.41, 5.74) is 28.1. The van der Waals surface area contributed by atoms with Crippen molar-refractivity contribution < 1.29 is 26.8 Å².